The lowest BCUT2D eigenvalue weighted by atomic mass is 10.1. The normalized spacial score (nSPS) is 11.3. The third-order valence-electron chi connectivity index (χ3n) is 2.02. The first-order valence-electron chi connectivity index (χ1n) is 4.37. The number of hydrogen-bond acceptors (Lipinski definition) is 2. The minimum atomic E-state index is -0.00219. The van der Waals surface area contributed by atoms with Crippen molar-refractivity contribution in [1.82, 2.24) is 9.78 Å². The summed E-state index contributed by atoms with van der Waals surface area (Å²) >= 11 is 0. The van der Waals surface area contributed by atoms with Crippen LogP contribution >= 0.6 is 0 Å². The highest BCUT2D eigenvalue weighted by Gasteiger charge is 2.17. The molecular formula is C10H15N3. The van der Waals surface area contributed by atoms with Gasteiger partial charge in [0.05, 0.1) is 24.2 Å². The second kappa shape index (κ2) is 3.21. The van der Waals surface area contributed by atoms with Gasteiger partial charge in [0.1, 0.15) is 0 Å². The van der Waals surface area contributed by atoms with Crippen molar-refractivity contribution in [3.05, 3.63) is 17.5 Å². The van der Waals surface area contributed by atoms with E-state index in [2.05, 4.69) is 31.9 Å². The summed E-state index contributed by atoms with van der Waals surface area (Å²) in [6.45, 7) is 8.31. The third kappa shape index (κ3) is 1.89. The van der Waals surface area contributed by atoms with E-state index < -0.39 is 0 Å². The number of hydrogen-bond donors (Lipinski definition) is 0. The summed E-state index contributed by atoms with van der Waals surface area (Å²) in [5, 5.41) is 12.8. The van der Waals surface area contributed by atoms with Crippen LogP contribution in [0.1, 0.15) is 32.0 Å². The quantitative estimate of drug-likeness (QED) is 0.658. The van der Waals surface area contributed by atoms with E-state index in [-0.39, 0.29) is 5.54 Å². The molecular weight excluding hydrogens is 162 g/mol. The maximum absolute atomic E-state index is 8.57. The van der Waals surface area contributed by atoms with Gasteiger partial charge in [-0.05, 0) is 27.7 Å². The van der Waals surface area contributed by atoms with Gasteiger partial charge in [-0.2, -0.15) is 10.4 Å². The zero-order chi connectivity index (χ0) is 10.1. The van der Waals surface area contributed by atoms with Gasteiger partial charge in [0.25, 0.3) is 0 Å². The molecule has 3 nitrogen and oxygen atoms in total. The van der Waals surface area contributed by atoms with Crippen LogP contribution in [0.5, 0.6) is 0 Å². The monoisotopic (exact) mass is 177 g/mol. The van der Waals surface area contributed by atoms with E-state index in [0.29, 0.717) is 6.42 Å². The van der Waals surface area contributed by atoms with Crippen LogP contribution in [0.15, 0.2) is 6.20 Å². The number of aromatic nitrogens is 2. The first-order chi connectivity index (χ1) is 5.96. The molecule has 0 aliphatic rings. The van der Waals surface area contributed by atoms with Crippen molar-refractivity contribution in [2.24, 2.45) is 0 Å². The summed E-state index contributed by atoms with van der Waals surface area (Å²) in [7, 11) is 0. The fourth-order valence-electron chi connectivity index (χ4n) is 1.38. The Kier molecular flexibility index (Phi) is 2.42. The average Bonchev–Trinajstić information content (AvgIpc) is 2.32. The van der Waals surface area contributed by atoms with Crippen LogP contribution < -0.4 is 0 Å². The van der Waals surface area contributed by atoms with Crippen LogP contribution in [0.3, 0.4) is 0 Å². The smallest absolute Gasteiger partial charge is 0.0671 e. The van der Waals surface area contributed by atoms with Gasteiger partial charge < -0.3 is 0 Å². The van der Waals surface area contributed by atoms with Crippen molar-refractivity contribution in [3.63, 3.8) is 0 Å². The van der Waals surface area contributed by atoms with Crippen molar-refractivity contribution in [2.45, 2.75) is 39.7 Å². The molecule has 1 heterocycles. The minimum Gasteiger partial charge on any atom is -0.264 e. The molecule has 0 aliphatic carbocycles. The molecule has 0 spiro atoms. The zero-order valence-electron chi connectivity index (χ0n) is 8.63. The molecule has 0 radical (unpaired) electrons. The SMILES string of the molecule is Cc1c(CC#N)cnn1C(C)(C)C. The number of nitriles is 1. The van der Waals surface area contributed by atoms with Crippen LogP contribution in [0.4, 0.5) is 0 Å². The van der Waals surface area contributed by atoms with Crippen LogP contribution in [-0.4, -0.2) is 9.78 Å². The Morgan fingerprint density at radius 1 is 1.54 bits per heavy atom. The topological polar surface area (TPSA) is 41.6 Å². The van der Waals surface area contributed by atoms with Gasteiger partial charge >= 0.3 is 0 Å². The fraction of sp³-hybridized carbons (Fsp3) is 0.600. The highest BCUT2D eigenvalue weighted by atomic mass is 15.3. The molecule has 0 aromatic carbocycles. The van der Waals surface area contributed by atoms with E-state index in [9.17, 15) is 0 Å². The van der Waals surface area contributed by atoms with Crippen molar-refractivity contribution in [3.8, 4) is 6.07 Å². The summed E-state index contributed by atoms with van der Waals surface area (Å²) in [6.07, 6.45) is 2.23. The van der Waals surface area contributed by atoms with Crippen LogP contribution in [0.2, 0.25) is 0 Å². The molecule has 0 fully saturated rings. The van der Waals surface area contributed by atoms with E-state index in [4.69, 9.17) is 5.26 Å². The number of rotatable bonds is 1. The van der Waals surface area contributed by atoms with Gasteiger partial charge in [0, 0.05) is 11.3 Å². The first kappa shape index (κ1) is 9.79. The summed E-state index contributed by atoms with van der Waals surface area (Å²) in [4.78, 5) is 0. The number of nitrogens with zero attached hydrogens (tertiary/aromatic N) is 3. The molecule has 70 valence electrons. The van der Waals surface area contributed by atoms with E-state index >= 15 is 0 Å². The second-order valence-corrected chi connectivity index (χ2v) is 4.17. The molecule has 1 aromatic heterocycles. The molecule has 0 saturated heterocycles. The van der Waals surface area contributed by atoms with Gasteiger partial charge in [-0.3, -0.25) is 4.68 Å². The summed E-state index contributed by atoms with van der Waals surface area (Å²) in [6, 6.07) is 2.14. The Bertz CT molecular complexity index is 336. The van der Waals surface area contributed by atoms with E-state index in [1.165, 1.54) is 0 Å². The second-order valence-electron chi connectivity index (χ2n) is 4.17. The Labute approximate surface area is 79.0 Å². The molecule has 0 amide bonds. The van der Waals surface area contributed by atoms with E-state index in [1.807, 2.05) is 11.6 Å². The van der Waals surface area contributed by atoms with Gasteiger partial charge in [-0.1, -0.05) is 0 Å². The Balaban J connectivity index is 3.08. The summed E-state index contributed by atoms with van der Waals surface area (Å²) in [5.41, 5.74) is 2.11. The highest BCUT2D eigenvalue weighted by molar-refractivity contribution is 5.20. The molecule has 1 rings (SSSR count). The largest absolute Gasteiger partial charge is 0.264 e. The molecule has 13 heavy (non-hydrogen) atoms. The van der Waals surface area contributed by atoms with Gasteiger partial charge in [0.2, 0.25) is 0 Å². The van der Waals surface area contributed by atoms with Crippen LogP contribution in [0.25, 0.3) is 0 Å². The van der Waals surface area contributed by atoms with Crippen LogP contribution in [0, 0.1) is 18.3 Å². The van der Waals surface area contributed by atoms with E-state index in [1.54, 1.807) is 6.20 Å². The van der Waals surface area contributed by atoms with E-state index in [0.717, 1.165) is 11.3 Å². The summed E-state index contributed by atoms with van der Waals surface area (Å²) < 4.78 is 1.96. The van der Waals surface area contributed by atoms with Crippen molar-refractivity contribution >= 4 is 0 Å². The molecule has 0 saturated carbocycles. The lowest BCUT2D eigenvalue weighted by Crippen LogP contribution is -2.24. The van der Waals surface area contributed by atoms with Gasteiger partial charge in [-0.15, -0.1) is 0 Å². The maximum Gasteiger partial charge on any atom is 0.0671 e. The molecule has 0 bridgehead atoms. The molecule has 0 N–H and O–H groups in total. The Hall–Kier alpha value is -1.30. The average molecular weight is 177 g/mol. The van der Waals surface area contributed by atoms with Gasteiger partial charge in [-0.25, -0.2) is 0 Å². The third-order valence-corrected chi connectivity index (χ3v) is 2.02. The zero-order valence-corrected chi connectivity index (χ0v) is 8.63. The van der Waals surface area contributed by atoms with Crippen molar-refractivity contribution in [1.29, 1.82) is 5.26 Å². The molecule has 3 heteroatoms. The summed E-state index contributed by atoms with van der Waals surface area (Å²) in [5.74, 6) is 0. The lowest BCUT2D eigenvalue weighted by molar-refractivity contribution is 0.347. The molecule has 1 aromatic rings. The molecule has 0 unspecified atom stereocenters. The minimum absolute atomic E-state index is 0.00219. The Morgan fingerprint density at radius 2 is 2.15 bits per heavy atom. The predicted octanol–water partition coefficient (Wildman–Crippen LogP) is 2.01. The molecule has 0 atom stereocenters. The predicted molar refractivity (Wildman–Crippen MR) is 51.3 cm³/mol. The lowest BCUT2D eigenvalue weighted by Gasteiger charge is -2.21. The van der Waals surface area contributed by atoms with Crippen LogP contribution in [-0.2, 0) is 12.0 Å². The van der Waals surface area contributed by atoms with Crippen molar-refractivity contribution < 1.29 is 0 Å². The standard InChI is InChI=1S/C10H15N3/c1-8-9(5-6-11)7-12-13(8)10(2,3)4/h7H,5H2,1-4H3. The highest BCUT2D eigenvalue weighted by Crippen LogP contribution is 2.18. The van der Waals surface area contributed by atoms with Gasteiger partial charge in [0.15, 0.2) is 0 Å². The maximum atomic E-state index is 8.57. The Morgan fingerprint density at radius 3 is 2.54 bits per heavy atom. The fourth-order valence-corrected chi connectivity index (χ4v) is 1.38. The van der Waals surface area contributed by atoms with Crippen molar-refractivity contribution in [2.75, 3.05) is 0 Å². The molecule has 0 aliphatic heterocycles. The first-order valence-corrected chi connectivity index (χ1v) is 4.37.